The van der Waals surface area contributed by atoms with Gasteiger partial charge in [0.2, 0.25) is 0 Å². The van der Waals surface area contributed by atoms with Crippen LogP contribution in [0.4, 0.5) is 0 Å². The standard InChI is InChI=1S/C19H18N4O2/c1-12-10-20-9-8-14(12)23-19(21-18(22-23)13-6-7-13)17-11-24-15-4-2-3-5-16(15)25-17/h2-5,8-10,13,17H,6-7,11H2,1H3/t17-/m1/s1. The van der Waals surface area contributed by atoms with E-state index in [-0.39, 0.29) is 6.10 Å². The van der Waals surface area contributed by atoms with E-state index in [1.165, 1.54) is 0 Å². The maximum absolute atomic E-state index is 6.17. The molecule has 6 heteroatoms. The Kier molecular flexibility index (Phi) is 3.23. The molecule has 3 heterocycles. The van der Waals surface area contributed by atoms with Gasteiger partial charge in [-0.05, 0) is 43.5 Å². The van der Waals surface area contributed by atoms with Crippen LogP contribution >= 0.6 is 0 Å². The van der Waals surface area contributed by atoms with Crippen molar-refractivity contribution in [3.8, 4) is 17.2 Å². The molecule has 0 bridgehead atoms. The largest absolute Gasteiger partial charge is 0.485 e. The maximum atomic E-state index is 6.17. The van der Waals surface area contributed by atoms with Gasteiger partial charge < -0.3 is 9.47 Å². The molecule has 1 aromatic carbocycles. The second-order valence-electron chi connectivity index (χ2n) is 6.54. The molecule has 0 unspecified atom stereocenters. The molecule has 6 nitrogen and oxygen atoms in total. The number of nitrogens with zero attached hydrogens (tertiary/aromatic N) is 4. The second kappa shape index (κ2) is 5.58. The summed E-state index contributed by atoms with van der Waals surface area (Å²) in [5.74, 6) is 3.67. The molecule has 0 saturated heterocycles. The molecule has 1 atom stereocenters. The van der Waals surface area contributed by atoms with Gasteiger partial charge in [0.05, 0.1) is 5.69 Å². The lowest BCUT2D eigenvalue weighted by atomic mass is 10.2. The molecular formula is C19H18N4O2. The molecule has 1 fully saturated rings. The van der Waals surface area contributed by atoms with Gasteiger partial charge in [-0.25, -0.2) is 9.67 Å². The third kappa shape index (κ3) is 2.54. The summed E-state index contributed by atoms with van der Waals surface area (Å²) in [5, 5.41) is 4.78. The quantitative estimate of drug-likeness (QED) is 0.735. The van der Waals surface area contributed by atoms with Crippen LogP contribution in [0.1, 0.15) is 42.1 Å². The van der Waals surface area contributed by atoms with E-state index in [4.69, 9.17) is 19.6 Å². The molecule has 2 aromatic heterocycles. The highest BCUT2D eigenvalue weighted by Crippen LogP contribution is 2.40. The Bertz CT molecular complexity index is 933. The molecule has 5 rings (SSSR count). The topological polar surface area (TPSA) is 62.1 Å². The zero-order chi connectivity index (χ0) is 16.8. The number of rotatable bonds is 3. The third-order valence-electron chi connectivity index (χ3n) is 4.61. The first-order valence-corrected chi connectivity index (χ1v) is 8.56. The Balaban J connectivity index is 1.58. The van der Waals surface area contributed by atoms with Crippen molar-refractivity contribution in [3.05, 3.63) is 59.9 Å². The minimum Gasteiger partial charge on any atom is -0.485 e. The molecule has 0 N–H and O–H groups in total. The first-order chi connectivity index (χ1) is 12.3. The molecule has 1 aliphatic carbocycles. The molecular weight excluding hydrogens is 316 g/mol. The lowest BCUT2D eigenvalue weighted by Crippen LogP contribution is -2.25. The van der Waals surface area contributed by atoms with Crippen LogP contribution in [0.5, 0.6) is 11.5 Å². The van der Waals surface area contributed by atoms with E-state index in [1.54, 1.807) is 6.20 Å². The Labute approximate surface area is 145 Å². The fourth-order valence-electron chi connectivity index (χ4n) is 3.09. The summed E-state index contributed by atoms with van der Waals surface area (Å²) < 4.78 is 13.9. The number of benzene rings is 1. The first kappa shape index (κ1) is 14.5. The van der Waals surface area contributed by atoms with Crippen LogP contribution in [0.25, 0.3) is 5.69 Å². The lowest BCUT2D eigenvalue weighted by Gasteiger charge is -2.26. The molecule has 1 aliphatic heterocycles. The predicted molar refractivity (Wildman–Crippen MR) is 91.2 cm³/mol. The Morgan fingerprint density at radius 2 is 1.96 bits per heavy atom. The fourth-order valence-corrected chi connectivity index (χ4v) is 3.09. The van der Waals surface area contributed by atoms with Crippen LogP contribution in [-0.2, 0) is 0 Å². The van der Waals surface area contributed by atoms with Gasteiger partial charge in [0, 0.05) is 18.3 Å². The average molecular weight is 334 g/mol. The molecule has 2 aliphatic rings. The summed E-state index contributed by atoms with van der Waals surface area (Å²) in [5.41, 5.74) is 2.03. The van der Waals surface area contributed by atoms with Gasteiger partial charge in [-0.3, -0.25) is 4.98 Å². The maximum Gasteiger partial charge on any atom is 0.192 e. The van der Waals surface area contributed by atoms with Crippen molar-refractivity contribution < 1.29 is 9.47 Å². The smallest absolute Gasteiger partial charge is 0.192 e. The zero-order valence-corrected chi connectivity index (χ0v) is 13.9. The van der Waals surface area contributed by atoms with Crippen LogP contribution in [0.3, 0.4) is 0 Å². The summed E-state index contributed by atoms with van der Waals surface area (Å²) in [6.45, 7) is 2.45. The van der Waals surface area contributed by atoms with Gasteiger partial charge in [0.25, 0.3) is 0 Å². The summed E-state index contributed by atoms with van der Waals surface area (Å²) in [6, 6.07) is 9.68. The van der Waals surface area contributed by atoms with E-state index in [2.05, 4.69) is 4.98 Å². The number of aryl methyl sites for hydroxylation is 1. The number of pyridine rings is 1. The fraction of sp³-hybridized carbons (Fsp3) is 0.316. The number of hydrogen-bond donors (Lipinski definition) is 0. The van der Waals surface area contributed by atoms with Crippen molar-refractivity contribution >= 4 is 0 Å². The van der Waals surface area contributed by atoms with Crippen molar-refractivity contribution in [2.75, 3.05) is 6.61 Å². The second-order valence-corrected chi connectivity index (χ2v) is 6.54. The molecule has 3 aromatic rings. The van der Waals surface area contributed by atoms with Crippen LogP contribution in [0.15, 0.2) is 42.7 Å². The Morgan fingerprint density at radius 3 is 2.76 bits per heavy atom. The van der Waals surface area contributed by atoms with Gasteiger partial charge >= 0.3 is 0 Å². The summed E-state index contributed by atoms with van der Waals surface area (Å²) >= 11 is 0. The van der Waals surface area contributed by atoms with Crippen LogP contribution in [-0.4, -0.2) is 26.4 Å². The van der Waals surface area contributed by atoms with E-state index < -0.39 is 0 Å². The van der Waals surface area contributed by atoms with Crippen LogP contribution < -0.4 is 9.47 Å². The van der Waals surface area contributed by atoms with E-state index in [9.17, 15) is 0 Å². The first-order valence-electron chi connectivity index (χ1n) is 8.56. The van der Waals surface area contributed by atoms with E-state index in [0.29, 0.717) is 12.5 Å². The SMILES string of the molecule is Cc1cnccc1-n1nc(C2CC2)nc1[C@H]1COc2ccccc2O1. The molecule has 0 radical (unpaired) electrons. The minimum absolute atomic E-state index is 0.289. The summed E-state index contributed by atoms with van der Waals surface area (Å²) in [7, 11) is 0. The van der Waals surface area contributed by atoms with Crippen LogP contribution in [0.2, 0.25) is 0 Å². The van der Waals surface area contributed by atoms with Crippen molar-refractivity contribution in [1.29, 1.82) is 0 Å². The van der Waals surface area contributed by atoms with E-state index in [1.807, 2.05) is 48.1 Å². The normalized spacial score (nSPS) is 19.0. The number of para-hydroxylation sites is 2. The Morgan fingerprint density at radius 1 is 1.12 bits per heavy atom. The Hall–Kier alpha value is -2.89. The minimum atomic E-state index is -0.289. The molecule has 0 spiro atoms. The van der Waals surface area contributed by atoms with Crippen LogP contribution in [0, 0.1) is 6.92 Å². The van der Waals surface area contributed by atoms with Gasteiger partial charge in [0.15, 0.2) is 29.3 Å². The van der Waals surface area contributed by atoms with Gasteiger partial charge in [-0.2, -0.15) is 5.10 Å². The third-order valence-corrected chi connectivity index (χ3v) is 4.61. The predicted octanol–water partition coefficient (Wildman–Crippen LogP) is 3.36. The highest BCUT2D eigenvalue weighted by Gasteiger charge is 2.33. The zero-order valence-electron chi connectivity index (χ0n) is 13.9. The highest BCUT2D eigenvalue weighted by molar-refractivity contribution is 5.42. The van der Waals surface area contributed by atoms with Crippen molar-refractivity contribution in [2.45, 2.75) is 31.8 Å². The van der Waals surface area contributed by atoms with Crippen molar-refractivity contribution in [3.63, 3.8) is 0 Å². The van der Waals surface area contributed by atoms with Crippen molar-refractivity contribution in [1.82, 2.24) is 19.7 Å². The van der Waals surface area contributed by atoms with E-state index in [0.717, 1.165) is 47.2 Å². The van der Waals surface area contributed by atoms with Gasteiger partial charge in [-0.15, -0.1) is 0 Å². The molecule has 0 amide bonds. The number of hydrogen-bond acceptors (Lipinski definition) is 5. The molecule has 25 heavy (non-hydrogen) atoms. The average Bonchev–Trinajstić information content (AvgIpc) is 3.41. The number of aromatic nitrogens is 4. The van der Waals surface area contributed by atoms with Gasteiger partial charge in [0.1, 0.15) is 6.61 Å². The highest BCUT2D eigenvalue weighted by atomic mass is 16.6. The lowest BCUT2D eigenvalue weighted by molar-refractivity contribution is 0.0835. The summed E-state index contributed by atoms with van der Waals surface area (Å²) in [6.07, 6.45) is 5.64. The monoisotopic (exact) mass is 334 g/mol. The molecule has 1 saturated carbocycles. The van der Waals surface area contributed by atoms with E-state index >= 15 is 0 Å². The van der Waals surface area contributed by atoms with Gasteiger partial charge in [-0.1, -0.05) is 12.1 Å². The van der Waals surface area contributed by atoms with Crippen molar-refractivity contribution in [2.24, 2.45) is 0 Å². The number of ether oxygens (including phenoxy) is 2. The molecule has 126 valence electrons. The number of fused-ring (bicyclic) bond motifs is 1. The summed E-state index contributed by atoms with van der Waals surface area (Å²) in [4.78, 5) is 8.99.